The summed E-state index contributed by atoms with van der Waals surface area (Å²) in [6.45, 7) is 0. The van der Waals surface area contributed by atoms with Gasteiger partial charge in [-0.25, -0.2) is 4.79 Å². The van der Waals surface area contributed by atoms with Gasteiger partial charge >= 0.3 is 5.97 Å². The lowest BCUT2D eigenvalue weighted by molar-refractivity contribution is 0.0695. The average molecular weight is 259 g/mol. The van der Waals surface area contributed by atoms with Gasteiger partial charge in [-0.15, -0.1) is 0 Å². The van der Waals surface area contributed by atoms with E-state index in [0.29, 0.717) is 0 Å². The van der Waals surface area contributed by atoms with Crippen LogP contribution in [0.4, 0.5) is 5.69 Å². The molecule has 0 aliphatic rings. The third kappa shape index (κ3) is 1.69. The molecule has 1 aromatic carbocycles. The van der Waals surface area contributed by atoms with Crippen LogP contribution in [-0.4, -0.2) is 17.0 Å². The van der Waals surface area contributed by atoms with Crippen LogP contribution >= 0.6 is 15.9 Å². The average Bonchev–Trinajstić information content (AvgIpc) is 2.08. The van der Waals surface area contributed by atoms with Crippen LogP contribution in [0.3, 0.4) is 0 Å². The Morgan fingerprint density at radius 2 is 1.79 bits per heavy atom. The van der Waals surface area contributed by atoms with Crippen molar-refractivity contribution < 1.29 is 14.7 Å². The van der Waals surface area contributed by atoms with Crippen LogP contribution in [0.5, 0.6) is 0 Å². The molecule has 0 fully saturated rings. The van der Waals surface area contributed by atoms with Crippen molar-refractivity contribution in [3.63, 3.8) is 0 Å². The zero-order valence-corrected chi connectivity index (χ0v) is 8.54. The molecule has 1 rings (SSSR count). The number of hydrogen-bond donors (Lipinski definition) is 3. The molecule has 5 nitrogen and oxygen atoms in total. The molecular formula is C8H7BrN2O3. The fourth-order valence-corrected chi connectivity index (χ4v) is 1.49. The standard InChI is InChI=1S/C8H7BrN2O3/c9-5-3(8(13)14)1-2-4(6(5)10)7(11)12/h1-2H,10H2,(H2,11,12)(H,13,14). The lowest BCUT2D eigenvalue weighted by Crippen LogP contribution is -2.15. The first-order valence-electron chi connectivity index (χ1n) is 3.56. The fraction of sp³-hybridized carbons (Fsp3) is 0. The van der Waals surface area contributed by atoms with Gasteiger partial charge in [0.1, 0.15) is 0 Å². The van der Waals surface area contributed by atoms with Crippen LogP contribution in [0.25, 0.3) is 0 Å². The molecule has 1 aromatic rings. The van der Waals surface area contributed by atoms with Gasteiger partial charge in [-0.3, -0.25) is 4.79 Å². The minimum atomic E-state index is -1.13. The number of halogens is 1. The second kappa shape index (κ2) is 3.67. The maximum atomic E-state index is 10.8. The molecule has 0 atom stereocenters. The Hall–Kier alpha value is -1.56. The number of primary amides is 1. The van der Waals surface area contributed by atoms with Gasteiger partial charge in [-0.1, -0.05) is 0 Å². The molecular weight excluding hydrogens is 252 g/mol. The molecule has 0 aromatic heterocycles. The molecule has 0 aliphatic heterocycles. The summed E-state index contributed by atoms with van der Waals surface area (Å²) < 4.78 is 0.168. The van der Waals surface area contributed by atoms with Crippen LogP contribution in [0.1, 0.15) is 20.7 Å². The first-order valence-corrected chi connectivity index (χ1v) is 4.35. The van der Waals surface area contributed by atoms with Crippen molar-refractivity contribution in [2.24, 2.45) is 5.73 Å². The van der Waals surface area contributed by atoms with Crippen LogP contribution < -0.4 is 11.5 Å². The van der Waals surface area contributed by atoms with Crippen LogP contribution in [0.2, 0.25) is 0 Å². The quantitative estimate of drug-likeness (QED) is 0.683. The van der Waals surface area contributed by atoms with Gasteiger partial charge in [0.2, 0.25) is 0 Å². The van der Waals surface area contributed by atoms with Crippen LogP contribution in [0, 0.1) is 0 Å². The smallest absolute Gasteiger partial charge is 0.336 e. The number of hydrogen-bond acceptors (Lipinski definition) is 3. The second-order valence-corrected chi connectivity index (χ2v) is 3.35. The summed E-state index contributed by atoms with van der Waals surface area (Å²) in [5.74, 6) is -1.82. The van der Waals surface area contributed by atoms with Crippen molar-refractivity contribution in [2.75, 3.05) is 5.73 Å². The number of nitrogens with two attached hydrogens (primary N) is 2. The summed E-state index contributed by atoms with van der Waals surface area (Å²) in [7, 11) is 0. The van der Waals surface area contributed by atoms with Gasteiger partial charge in [0, 0.05) is 0 Å². The first kappa shape index (κ1) is 10.5. The largest absolute Gasteiger partial charge is 0.478 e. The first-order chi connectivity index (χ1) is 6.45. The molecule has 0 heterocycles. The maximum absolute atomic E-state index is 10.8. The fourth-order valence-electron chi connectivity index (χ4n) is 0.973. The summed E-state index contributed by atoms with van der Waals surface area (Å²) in [6.07, 6.45) is 0. The van der Waals surface area contributed by atoms with Gasteiger partial charge in [-0.05, 0) is 28.1 Å². The van der Waals surface area contributed by atoms with E-state index in [-0.39, 0.29) is 21.3 Å². The van der Waals surface area contributed by atoms with E-state index in [9.17, 15) is 9.59 Å². The Morgan fingerprint density at radius 1 is 1.29 bits per heavy atom. The number of carbonyl (C=O) groups excluding carboxylic acids is 1. The van der Waals surface area contributed by atoms with E-state index in [4.69, 9.17) is 16.6 Å². The molecule has 1 amide bonds. The van der Waals surface area contributed by atoms with E-state index in [1.807, 2.05) is 0 Å². The zero-order chi connectivity index (χ0) is 10.9. The van der Waals surface area contributed by atoms with E-state index < -0.39 is 11.9 Å². The van der Waals surface area contributed by atoms with Crippen molar-refractivity contribution in [3.8, 4) is 0 Å². The van der Waals surface area contributed by atoms with Crippen molar-refractivity contribution in [2.45, 2.75) is 0 Å². The SMILES string of the molecule is NC(=O)c1ccc(C(=O)O)c(Br)c1N. The van der Waals surface area contributed by atoms with E-state index in [1.165, 1.54) is 12.1 Å². The number of rotatable bonds is 2. The minimum Gasteiger partial charge on any atom is -0.478 e. The highest BCUT2D eigenvalue weighted by Crippen LogP contribution is 2.27. The maximum Gasteiger partial charge on any atom is 0.336 e. The topological polar surface area (TPSA) is 106 Å². The molecule has 0 unspecified atom stereocenters. The van der Waals surface area contributed by atoms with Crippen LogP contribution in [0.15, 0.2) is 16.6 Å². The van der Waals surface area contributed by atoms with E-state index in [0.717, 1.165) is 0 Å². The highest BCUT2D eigenvalue weighted by Gasteiger charge is 2.15. The zero-order valence-electron chi connectivity index (χ0n) is 6.95. The Labute approximate surface area is 87.8 Å². The van der Waals surface area contributed by atoms with Crippen molar-refractivity contribution in [1.29, 1.82) is 0 Å². The molecule has 5 N–H and O–H groups in total. The third-order valence-electron chi connectivity index (χ3n) is 1.68. The predicted molar refractivity (Wildman–Crippen MR) is 54.0 cm³/mol. The predicted octanol–water partition coefficient (Wildman–Crippen LogP) is 0.828. The van der Waals surface area contributed by atoms with Crippen molar-refractivity contribution in [3.05, 3.63) is 27.7 Å². The highest BCUT2D eigenvalue weighted by molar-refractivity contribution is 9.10. The van der Waals surface area contributed by atoms with E-state index >= 15 is 0 Å². The van der Waals surface area contributed by atoms with Gasteiger partial charge < -0.3 is 16.6 Å². The van der Waals surface area contributed by atoms with Gasteiger partial charge in [0.05, 0.1) is 21.3 Å². The van der Waals surface area contributed by atoms with Gasteiger partial charge in [0.25, 0.3) is 5.91 Å². The Bertz CT molecular complexity index is 378. The number of benzene rings is 1. The molecule has 0 saturated heterocycles. The summed E-state index contributed by atoms with van der Waals surface area (Å²) in [5, 5.41) is 8.72. The molecule has 74 valence electrons. The number of carboxylic acid groups (broad SMARTS) is 1. The summed E-state index contributed by atoms with van der Waals surface area (Å²) in [5.41, 5.74) is 10.7. The molecule has 0 saturated carbocycles. The van der Waals surface area contributed by atoms with Crippen LogP contribution in [-0.2, 0) is 0 Å². The monoisotopic (exact) mass is 258 g/mol. The van der Waals surface area contributed by atoms with E-state index in [1.54, 1.807) is 0 Å². The molecule has 0 aliphatic carbocycles. The lowest BCUT2D eigenvalue weighted by atomic mass is 10.1. The Balaban J connectivity index is 3.41. The van der Waals surface area contributed by atoms with Crippen molar-refractivity contribution in [1.82, 2.24) is 0 Å². The molecule has 14 heavy (non-hydrogen) atoms. The Morgan fingerprint density at radius 3 is 2.21 bits per heavy atom. The number of anilines is 1. The summed E-state index contributed by atoms with van der Waals surface area (Å²) in [4.78, 5) is 21.5. The molecule has 0 spiro atoms. The third-order valence-corrected chi connectivity index (χ3v) is 2.53. The molecule has 0 bridgehead atoms. The number of amides is 1. The minimum absolute atomic E-state index is 0.00694. The summed E-state index contributed by atoms with van der Waals surface area (Å²) in [6, 6.07) is 2.55. The number of carboxylic acids is 1. The number of carbonyl (C=O) groups is 2. The van der Waals surface area contributed by atoms with Crippen molar-refractivity contribution >= 4 is 33.5 Å². The normalized spacial score (nSPS) is 9.79. The molecule has 6 heteroatoms. The van der Waals surface area contributed by atoms with Gasteiger partial charge in [-0.2, -0.15) is 0 Å². The highest BCUT2D eigenvalue weighted by atomic mass is 79.9. The summed E-state index contributed by atoms with van der Waals surface area (Å²) >= 11 is 2.99. The lowest BCUT2D eigenvalue weighted by Gasteiger charge is -2.06. The van der Waals surface area contributed by atoms with Gasteiger partial charge in [0.15, 0.2) is 0 Å². The van der Waals surface area contributed by atoms with E-state index in [2.05, 4.69) is 15.9 Å². The second-order valence-electron chi connectivity index (χ2n) is 2.56. The molecule has 0 radical (unpaired) electrons. The number of aromatic carboxylic acids is 1. The number of nitrogen functional groups attached to an aromatic ring is 1. The Kier molecular flexibility index (Phi) is 2.76.